The van der Waals surface area contributed by atoms with Gasteiger partial charge in [-0.2, -0.15) is 0 Å². The van der Waals surface area contributed by atoms with Crippen LogP contribution in [-0.4, -0.2) is 41.4 Å². The van der Waals surface area contributed by atoms with Crippen molar-refractivity contribution in [3.05, 3.63) is 5.01 Å². The summed E-state index contributed by atoms with van der Waals surface area (Å²) in [4.78, 5) is 12.1. The Bertz CT molecular complexity index is 441. The van der Waals surface area contributed by atoms with Gasteiger partial charge in [-0.3, -0.25) is 10.1 Å². The maximum atomic E-state index is 12.1. The van der Waals surface area contributed by atoms with Gasteiger partial charge >= 0.3 is 0 Å². The van der Waals surface area contributed by atoms with Crippen molar-refractivity contribution in [3.8, 4) is 0 Å². The summed E-state index contributed by atoms with van der Waals surface area (Å²) in [5.41, 5.74) is 0. The Morgan fingerprint density at radius 1 is 1.55 bits per heavy atom. The molecule has 0 saturated carbocycles. The lowest BCUT2D eigenvalue weighted by molar-refractivity contribution is -0.123. The number of morpholine rings is 1. The molecule has 0 radical (unpaired) electrons. The molecule has 1 aromatic rings. The molecule has 1 saturated heterocycles. The molecule has 1 aromatic heterocycles. The summed E-state index contributed by atoms with van der Waals surface area (Å²) < 4.78 is 5.45. The highest BCUT2D eigenvalue weighted by Gasteiger charge is 2.28. The number of hydrogen-bond acceptors (Lipinski definition) is 6. The van der Waals surface area contributed by atoms with Gasteiger partial charge in [-0.1, -0.05) is 25.2 Å². The Hall–Kier alpha value is -0.760. The molecule has 2 atom stereocenters. The van der Waals surface area contributed by atoms with Crippen molar-refractivity contribution in [2.45, 2.75) is 39.3 Å². The average molecular weight is 321 g/mol. The highest BCUT2D eigenvalue weighted by molar-refractivity contribution is 7.15. The minimum atomic E-state index is -0.328. The van der Waals surface area contributed by atoms with Crippen LogP contribution in [0.25, 0.3) is 0 Å². The van der Waals surface area contributed by atoms with Crippen molar-refractivity contribution in [2.75, 3.05) is 18.5 Å². The molecule has 1 amide bonds. The number of hydrogen-bond donors (Lipinski definition) is 2. The molecule has 0 aromatic carbocycles. The molecule has 1 aliphatic rings. The molecular weight excluding hydrogens is 300 g/mol. The van der Waals surface area contributed by atoms with Crippen LogP contribution in [0.2, 0.25) is 0 Å². The molecule has 2 heterocycles. The summed E-state index contributed by atoms with van der Waals surface area (Å²) in [5, 5.41) is 15.5. The third-order valence-corrected chi connectivity index (χ3v) is 3.74. The zero-order valence-corrected chi connectivity index (χ0v) is 13.5. The Labute approximate surface area is 129 Å². The molecule has 1 fully saturated rings. The second-order valence-corrected chi connectivity index (χ2v) is 6.16. The van der Waals surface area contributed by atoms with Gasteiger partial charge in [0.1, 0.15) is 11.0 Å². The Morgan fingerprint density at radius 3 is 2.95 bits per heavy atom. The van der Waals surface area contributed by atoms with Gasteiger partial charge in [0.15, 0.2) is 0 Å². The Morgan fingerprint density at radius 2 is 2.30 bits per heavy atom. The first-order valence-corrected chi connectivity index (χ1v) is 7.36. The van der Waals surface area contributed by atoms with Gasteiger partial charge in [-0.05, 0) is 12.8 Å². The fourth-order valence-corrected chi connectivity index (χ4v) is 2.90. The number of ether oxygens (including phenoxy) is 1. The number of halogens is 1. The summed E-state index contributed by atoms with van der Waals surface area (Å²) >= 11 is 1.43. The van der Waals surface area contributed by atoms with E-state index in [-0.39, 0.29) is 30.5 Å². The van der Waals surface area contributed by atoms with E-state index in [9.17, 15) is 4.79 Å². The van der Waals surface area contributed by atoms with Crippen LogP contribution in [0.4, 0.5) is 5.13 Å². The number of rotatable bonds is 4. The topological polar surface area (TPSA) is 76.1 Å². The predicted octanol–water partition coefficient (Wildman–Crippen LogP) is 1.47. The maximum absolute atomic E-state index is 12.1. The average Bonchev–Trinajstić information content (AvgIpc) is 2.76. The number of carbonyl (C=O) groups is 1. The maximum Gasteiger partial charge on any atom is 0.246 e. The van der Waals surface area contributed by atoms with Crippen molar-refractivity contribution < 1.29 is 9.53 Å². The van der Waals surface area contributed by atoms with E-state index >= 15 is 0 Å². The largest absolute Gasteiger partial charge is 0.375 e. The van der Waals surface area contributed by atoms with Crippen molar-refractivity contribution in [2.24, 2.45) is 5.92 Å². The van der Waals surface area contributed by atoms with E-state index < -0.39 is 0 Å². The summed E-state index contributed by atoms with van der Waals surface area (Å²) in [6.07, 6.45) is 0.756. The number of nitrogens with zero attached hydrogens (tertiary/aromatic N) is 2. The summed E-state index contributed by atoms with van der Waals surface area (Å²) in [7, 11) is 0. The van der Waals surface area contributed by atoms with Gasteiger partial charge in [-0.25, -0.2) is 0 Å². The standard InChI is InChI=1S/C12H20N4O2S.ClH/c1-7(2)6-9-15-16-12(19-9)14-11(17)10-8(3)18-5-4-13-10;/h7-8,10,13H,4-6H2,1-3H3,(H,14,16,17);1H/t8-,10+;/m1./s1. The van der Waals surface area contributed by atoms with E-state index in [0.717, 1.165) is 11.4 Å². The van der Waals surface area contributed by atoms with Crippen LogP contribution in [0.15, 0.2) is 0 Å². The zero-order valence-electron chi connectivity index (χ0n) is 11.9. The second-order valence-electron chi connectivity index (χ2n) is 5.10. The fraction of sp³-hybridized carbons (Fsp3) is 0.750. The van der Waals surface area contributed by atoms with E-state index in [1.165, 1.54) is 11.3 Å². The molecule has 20 heavy (non-hydrogen) atoms. The van der Waals surface area contributed by atoms with E-state index in [1.807, 2.05) is 6.92 Å². The number of carbonyl (C=O) groups excluding carboxylic acids is 1. The highest BCUT2D eigenvalue weighted by atomic mass is 35.5. The smallest absolute Gasteiger partial charge is 0.246 e. The van der Waals surface area contributed by atoms with Crippen LogP contribution in [0, 0.1) is 5.92 Å². The van der Waals surface area contributed by atoms with Gasteiger partial charge in [-0.15, -0.1) is 22.6 Å². The van der Waals surface area contributed by atoms with Crippen LogP contribution in [0.3, 0.4) is 0 Å². The Kier molecular flexibility index (Phi) is 6.81. The first-order valence-electron chi connectivity index (χ1n) is 6.54. The minimum absolute atomic E-state index is 0. The van der Waals surface area contributed by atoms with Crippen molar-refractivity contribution in [3.63, 3.8) is 0 Å². The molecule has 114 valence electrons. The quantitative estimate of drug-likeness (QED) is 0.878. The van der Waals surface area contributed by atoms with Gasteiger partial charge in [0.25, 0.3) is 0 Å². The van der Waals surface area contributed by atoms with Gasteiger partial charge in [0.2, 0.25) is 11.0 Å². The van der Waals surface area contributed by atoms with Crippen molar-refractivity contribution in [1.82, 2.24) is 15.5 Å². The van der Waals surface area contributed by atoms with Crippen LogP contribution in [0.5, 0.6) is 0 Å². The molecule has 8 heteroatoms. The molecule has 6 nitrogen and oxygen atoms in total. The van der Waals surface area contributed by atoms with E-state index in [0.29, 0.717) is 24.2 Å². The fourth-order valence-electron chi connectivity index (χ4n) is 1.95. The first kappa shape index (κ1) is 17.3. The molecule has 0 bridgehead atoms. The minimum Gasteiger partial charge on any atom is -0.375 e. The molecule has 1 aliphatic heterocycles. The van der Waals surface area contributed by atoms with Crippen LogP contribution < -0.4 is 10.6 Å². The molecule has 2 rings (SSSR count). The normalized spacial score (nSPS) is 22.4. The van der Waals surface area contributed by atoms with Crippen LogP contribution >= 0.6 is 23.7 Å². The molecular formula is C12H21ClN4O2S. The summed E-state index contributed by atoms with van der Waals surface area (Å²) in [5.74, 6) is 0.421. The second kappa shape index (κ2) is 7.87. The number of nitrogens with one attached hydrogen (secondary N) is 2. The molecule has 0 unspecified atom stereocenters. The lowest BCUT2D eigenvalue weighted by Crippen LogP contribution is -2.53. The zero-order chi connectivity index (χ0) is 13.8. The van der Waals surface area contributed by atoms with E-state index in [1.54, 1.807) is 0 Å². The lowest BCUT2D eigenvalue weighted by atomic mass is 10.1. The van der Waals surface area contributed by atoms with Crippen LogP contribution in [-0.2, 0) is 16.0 Å². The Balaban J connectivity index is 0.00000200. The number of anilines is 1. The summed E-state index contributed by atoms with van der Waals surface area (Å²) in [6.45, 7) is 7.48. The van der Waals surface area contributed by atoms with E-state index in [4.69, 9.17) is 4.74 Å². The molecule has 0 aliphatic carbocycles. The third-order valence-electron chi connectivity index (χ3n) is 2.88. The van der Waals surface area contributed by atoms with Gasteiger partial charge < -0.3 is 10.1 Å². The van der Waals surface area contributed by atoms with Crippen molar-refractivity contribution >= 4 is 34.8 Å². The molecule has 0 spiro atoms. The van der Waals surface area contributed by atoms with Gasteiger partial charge in [0.05, 0.1) is 12.7 Å². The van der Waals surface area contributed by atoms with Crippen molar-refractivity contribution in [1.29, 1.82) is 0 Å². The first-order chi connectivity index (χ1) is 9.06. The molecule has 2 N–H and O–H groups in total. The highest BCUT2D eigenvalue weighted by Crippen LogP contribution is 2.19. The SMILES string of the molecule is CC(C)Cc1nnc(NC(=O)[C@H]2NCCO[C@@H]2C)s1.Cl. The lowest BCUT2D eigenvalue weighted by Gasteiger charge is -2.28. The summed E-state index contributed by atoms with van der Waals surface area (Å²) in [6, 6.07) is -0.328. The number of amides is 1. The number of aromatic nitrogens is 2. The van der Waals surface area contributed by atoms with Gasteiger partial charge in [0, 0.05) is 13.0 Å². The van der Waals surface area contributed by atoms with E-state index in [2.05, 4.69) is 34.7 Å². The predicted molar refractivity (Wildman–Crippen MR) is 81.5 cm³/mol. The van der Waals surface area contributed by atoms with Crippen LogP contribution in [0.1, 0.15) is 25.8 Å². The monoisotopic (exact) mass is 320 g/mol. The third kappa shape index (κ3) is 4.66.